The summed E-state index contributed by atoms with van der Waals surface area (Å²) >= 11 is 0. The van der Waals surface area contributed by atoms with E-state index in [4.69, 9.17) is 0 Å². The van der Waals surface area contributed by atoms with Gasteiger partial charge in [-0.2, -0.15) is 0 Å². The molecule has 1 atom stereocenters. The highest BCUT2D eigenvalue weighted by molar-refractivity contribution is 5.76. The Morgan fingerprint density at radius 2 is 1.95 bits per heavy atom. The highest BCUT2D eigenvalue weighted by atomic mass is 19.1. The molecule has 1 aromatic heterocycles. The van der Waals surface area contributed by atoms with Crippen molar-refractivity contribution in [3.63, 3.8) is 0 Å². The lowest BCUT2D eigenvalue weighted by atomic mass is 10.0. The first-order chi connectivity index (χ1) is 10.6. The number of nitrogens with zero attached hydrogens (tertiary/aromatic N) is 1. The Hall–Kier alpha value is -2.43. The molecule has 1 aromatic carbocycles. The van der Waals surface area contributed by atoms with E-state index in [1.807, 2.05) is 30.3 Å². The van der Waals surface area contributed by atoms with Crippen molar-refractivity contribution >= 4 is 5.91 Å². The van der Waals surface area contributed by atoms with Crippen molar-refractivity contribution in [2.75, 3.05) is 0 Å². The van der Waals surface area contributed by atoms with E-state index in [1.165, 1.54) is 0 Å². The minimum Gasteiger partial charge on any atom is -0.347 e. The fourth-order valence-corrected chi connectivity index (χ4v) is 2.56. The van der Waals surface area contributed by atoms with Gasteiger partial charge in [-0.1, -0.05) is 30.3 Å². The van der Waals surface area contributed by atoms with Gasteiger partial charge in [-0.05, 0) is 30.4 Å². The Morgan fingerprint density at radius 1 is 1.23 bits per heavy atom. The van der Waals surface area contributed by atoms with Crippen LogP contribution < -0.4 is 10.9 Å². The second-order valence-electron chi connectivity index (χ2n) is 5.61. The molecule has 1 aliphatic rings. The molecule has 1 saturated carbocycles. The van der Waals surface area contributed by atoms with Crippen molar-refractivity contribution in [1.29, 1.82) is 0 Å². The average molecular weight is 300 g/mol. The zero-order valence-corrected chi connectivity index (χ0v) is 12.0. The van der Waals surface area contributed by atoms with E-state index >= 15 is 0 Å². The summed E-state index contributed by atoms with van der Waals surface area (Å²) in [6.45, 7) is -0.174. The van der Waals surface area contributed by atoms with Crippen LogP contribution in [0.15, 0.2) is 53.5 Å². The van der Waals surface area contributed by atoms with Gasteiger partial charge in [0.15, 0.2) is 0 Å². The standard InChI is InChI=1S/C17H17FN2O2/c18-14-8-9-16(22)20(10-14)11-15(21)19-17(13-6-7-13)12-4-2-1-3-5-12/h1-5,8-10,13,17H,6-7,11H2,(H,19,21)/t17-/m0/s1. The number of amides is 1. The minimum atomic E-state index is -0.533. The van der Waals surface area contributed by atoms with Crippen LogP contribution in [0.2, 0.25) is 0 Å². The number of aromatic nitrogens is 1. The van der Waals surface area contributed by atoms with Crippen molar-refractivity contribution in [1.82, 2.24) is 9.88 Å². The molecule has 0 aliphatic heterocycles. The van der Waals surface area contributed by atoms with Gasteiger partial charge in [0.05, 0.1) is 6.04 Å². The number of hydrogen-bond donors (Lipinski definition) is 1. The normalized spacial score (nSPS) is 15.3. The second kappa shape index (κ2) is 6.13. The van der Waals surface area contributed by atoms with Crippen LogP contribution in [-0.2, 0) is 11.3 Å². The van der Waals surface area contributed by atoms with Gasteiger partial charge in [-0.15, -0.1) is 0 Å². The second-order valence-corrected chi connectivity index (χ2v) is 5.61. The molecule has 1 fully saturated rings. The SMILES string of the molecule is O=C(Cn1cc(F)ccc1=O)N[C@@H](c1ccccc1)C1CC1. The van der Waals surface area contributed by atoms with Crippen LogP contribution >= 0.6 is 0 Å². The van der Waals surface area contributed by atoms with Crippen LogP contribution in [0.5, 0.6) is 0 Å². The summed E-state index contributed by atoms with van der Waals surface area (Å²) in [5.74, 6) is -0.377. The van der Waals surface area contributed by atoms with Gasteiger partial charge in [0.2, 0.25) is 5.91 Å². The number of nitrogens with one attached hydrogen (secondary N) is 1. The van der Waals surface area contributed by atoms with Gasteiger partial charge in [0.1, 0.15) is 12.4 Å². The molecule has 114 valence electrons. The average Bonchev–Trinajstić information content (AvgIpc) is 3.34. The number of hydrogen-bond acceptors (Lipinski definition) is 2. The van der Waals surface area contributed by atoms with E-state index in [0.29, 0.717) is 5.92 Å². The zero-order chi connectivity index (χ0) is 15.5. The molecule has 3 rings (SSSR count). The number of carbonyl (C=O) groups excluding carboxylic acids is 1. The smallest absolute Gasteiger partial charge is 0.251 e. The zero-order valence-electron chi connectivity index (χ0n) is 12.0. The van der Waals surface area contributed by atoms with Crippen LogP contribution in [0.4, 0.5) is 4.39 Å². The largest absolute Gasteiger partial charge is 0.347 e. The summed E-state index contributed by atoms with van der Waals surface area (Å²) in [6, 6.07) is 11.9. The third kappa shape index (κ3) is 3.42. The van der Waals surface area contributed by atoms with E-state index in [0.717, 1.165) is 41.3 Å². The summed E-state index contributed by atoms with van der Waals surface area (Å²) in [5.41, 5.74) is 0.671. The topological polar surface area (TPSA) is 51.1 Å². The predicted octanol–water partition coefficient (Wildman–Crippen LogP) is 2.25. The predicted molar refractivity (Wildman–Crippen MR) is 80.7 cm³/mol. The molecule has 0 spiro atoms. The lowest BCUT2D eigenvalue weighted by Gasteiger charge is -2.19. The van der Waals surface area contributed by atoms with Gasteiger partial charge >= 0.3 is 0 Å². The van der Waals surface area contributed by atoms with E-state index < -0.39 is 5.82 Å². The number of rotatable bonds is 5. The van der Waals surface area contributed by atoms with Crippen LogP contribution in [0, 0.1) is 11.7 Å². The monoisotopic (exact) mass is 300 g/mol. The van der Waals surface area contributed by atoms with Crippen molar-refractivity contribution in [2.24, 2.45) is 5.92 Å². The highest BCUT2D eigenvalue weighted by Gasteiger charge is 2.33. The fraction of sp³-hybridized carbons (Fsp3) is 0.294. The Morgan fingerprint density at radius 3 is 2.64 bits per heavy atom. The van der Waals surface area contributed by atoms with E-state index in [9.17, 15) is 14.0 Å². The molecule has 1 heterocycles. The molecule has 1 aliphatic carbocycles. The molecule has 4 nitrogen and oxygen atoms in total. The summed E-state index contributed by atoms with van der Waals surface area (Å²) in [5, 5.41) is 2.97. The number of benzene rings is 1. The summed E-state index contributed by atoms with van der Waals surface area (Å²) in [6.07, 6.45) is 3.22. The lowest BCUT2D eigenvalue weighted by Crippen LogP contribution is -2.35. The van der Waals surface area contributed by atoms with Crippen LogP contribution in [0.3, 0.4) is 0 Å². The van der Waals surface area contributed by atoms with Crippen molar-refractivity contribution in [3.8, 4) is 0 Å². The highest BCUT2D eigenvalue weighted by Crippen LogP contribution is 2.40. The first-order valence-corrected chi connectivity index (χ1v) is 7.34. The number of carbonyl (C=O) groups is 1. The lowest BCUT2D eigenvalue weighted by molar-refractivity contribution is -0.122. The molecule has 0 unspecified atom stereocenters. The summed E-state index contributed by atoms with van der Waals surface area (Å²) in [4.78, 5) is 23.8. The molecule has 0 saturated heterocycles. The van der Waals surface area contributed by atoms with Gasteiger partial charge in [-0.3, -0.25) is 9.59 Å². The van der Waals surface area contributed by atoms with Crippen LogP contribution in [0.25, 0.3) is 0 Å². The molecule has 22 heavy (non-hydrogen) atoms. The van der Waals surface area contributed by atoms with Crippen molar-refractivity contribution in [2.45, 2.75) is 25.4 Å². The Balaban J connectivity index is 1.72. The molecule has 0 radical (unpaired) electrons. The van der Waals surface area contributed by atoms with E-state index in [2.05, 4.69) is 5.32 Å². The Labute approximate surface area is 127 Å². The van der Waals surface area contributed by atoms with Gasteiger partial charge in [0, 0.05) is 12.3 Å². The number of pyridine rings is 1. The third-order valence-corrected chi connectivity index (χ3v) is 3.83. The van der Waals surface area contributed by atoms with Gasteiger partial charge in [0.25, 0.3) is 5.56 Å². The molecular formula is C17H17FN2O2. The summed E-state index contributed by atoms with van der Waals surface area (Å²) < 4.78 is 14.3. The minimum absolute atomic E-state index is 0.0436. The molecule has 1 N–H and O–H groups in total. The summed E-state index contributed by atoms with van der Waals surface area (Å²) in [7, 11) is 0. The van der Waals surface area contributed by atoms with E-state index in [-0.39, 0.29) is 24.1 Å². The molecule has 2 aromatic rings. The van der Waals surface area contributed by atoms with Crippen LogP contribution in [0.1, 0.15) is 24.4 Å². The molecule has 0 bridgehead atoms. The maximum atomic E-state index is 13.2. The molecular weight excluding hydrogens is 283 g/mol. The first-order valence-electron chi connectivity index (χ1n) is 7.34. The van der Waals surface area contributed by atoms with Gasteiger partial charge < -0.3 is 9.88 Å². The fourth-order valence-electron chi connectivity index (χ4n) is 2.56. The number of halogens is 1. The molecule has 5 heteroatoms. The van der Waals surface area contributed by atoms with Crippen LogP contribution in [-0.4, -0.2) is 10.5 Å². The quantitative estimate of drug-likeness (QED) is 0.921. The van der Waals surface area contributed by atoms with Gasteiger partial charge in [-0.25, -0.2) is 4.39 Å². The Bertz CT molecular complexity index is 723. The van der Waals surface area contributed by atoms with Crippen molar-refractivity contribution in [3.05, 3.63) is 70.4 Å². The maximum Gasteiger partial charge on any atom is 0.251 e. The third-order valence-electron chi connectivity index (χ3n) is 3.83. The maximum absolute atomic E-state index is 13.2. The van der Waals surface area contributed by atoms with Crippen molar-refractivity contribution < 1.29 is 9.18 Å². The molecule has 1 amide bonds. The van der Waals surface area contributed by atoms with E-state index in [1.54, 1.807) is 0 Å². The first kappa shape index (κ1) is 14.5. The Kier molecular flexibility index (Phi) is 4.04.